The molecule has 0 spiro atoms. The molecule has 0 saturated heterocycles. The molecule has 0 aromatic carbocycles. The number of alkyl halides is 1. The van der Waals surface area contributed by atoms with Gasteiger partial charge in [-0.15, -0.1) is 11.6 Å². The minimum absolute atomic E-state index is 0.464. The van der Waals surface area contributed by atoms with Crippen molar-refractivity contribution in [2.75, 3.05) is 0 Å². The predicted molar refractivity (Wildman–Crippen MR) is 83.0 cm³/mol. The first-order valence-electron chi connectivity index (χ1n) is 7.71. The maximum atomic E-state index is 6.09. The summed E-state index contributed by atoms with van der Waals surface area (Å²) in [7, 11) is 0. The molecule has 0 radical (unpaired) electrons. The Morgan fingerprint density at radius 3 is 2.80 bits per heavy atom. The van der Waals surface area contributed by atoms with E-state index in [0.717, 1.165) is 22.9 Å². The van der Waals surface area contributed by atoms with Crippen LogP contribution in [-0.4, -0.2) is 14.5 Å². The number of pyridine rings is 1. The molecule has 3 rings (SSSR count). The molecule has 0 amide bonds. The van der Waals surface area contributed by atoms with Gasteiger partial charge in [0.2, 0.25) is 0 Å². The van der Waals surface area contributed by atoms with Crippen molar-refractivity contribution in [3.8, 4) is 0 Å². The van der Waals surface area contributed by atoms with E-state index in [0.29, 0.717) is 11.9 Å². The fraction of sp³-hybridized carbons (Fsp3) is 0.625. The molecule has 4 heteroatoms. The SMILES string of the molecule is CCCC1CCC(n2c(CCl)nc3cccnc32)CC1. The molecular weight excluding hydrogens is 270 g/mol. The molecule has 1 aliphatic carbocycles. The van der Waals surface area contributed by atoms with Crippen LogP contribution in [0, 0.1) is 5.92 Å². The molecule has 0 unspecified atom stereocenters. The van der Waals surface area contributed by atoms with Crippen molar-refractivity contribution < 1.29 is 0 Å². The molecule has 0 aliphatic heterocycles. The quantitative estimate of drug-likeness (QED) is 0.764. The summed E-state index contributed by atoms with van der Waals surface area (Å²) in [6, 6.07) is 4.49. The van der Waals surface area contributed by atoms with Crippen LogP contribution in [0.15, 0.2) is 18.3 Å². The van der Waals surface area contributed by atoms with E-state index in [2.05, 4.69) is 21.5 Å². The fourth-order valence-corrected chi connectivity index (χ4v) is 3.74. The molecule has 20 heavy (non-hydrogen) atoms. The van der Waals surface area contributed by atoms with Crippen molar-refractivity contribution in [2.45, 2.75) is 57.4 Å². The van der Waals surface area contributed by atoms with Crippen LogP contribution >= 0.6 is 11.6 Å². The Morgan fingerprint density at radius 1 is 1.30 bits per heavy atom. The van der Waals surface area contributed by atoms with Crippen LogP contribution in [0.1, 0.15) is 57.3 Å². The number of aromatic nitrogens is 3. The lowest BCUT2D eigenvalue weighted by Crippen LogP contribution is -2.19. The molecule has 0 atom stereocenters. The molecular formula is C16H22ClN3. The summed E-state index contributed by atoms with van der Waals surface area (Å²) >= 11 is 6.09. The highest BCUT2D eigenvalue weighted by Gasteiger charge is 2.25. The topological polar surface area (TPSA) is 30.7 Å². The standard InChI is InChI=1S/C16H22ClN3/c1-2-4-12-6-8-13(9-7-12)20-15(11-17)19-14-5-3-10-18-16(14)20/h3,5,10,12-13H,2,4,6-9,11H2,1H3. The Bertz CT molecular complexity index is 570. The van der Waals surface area contributed by atoms with Crippen LogP contribution < -0.4 is 0 Å². The Labute approximate surface area is 125 Å². The van der Waals surface area contributed by atoms with E-state index >= 15 is 0 Å². The third-order valence-corrected chi connectivity index (χ3v) is 4.76. The van der Waals surface area contributed by atoms with Crippen molar-refractivity contribution >= 4 is 22.8 Å². The van der Waals surface area contributed by atoms with Gasteiger partial charge in [-0.25, -0.2) is 9.97 Å². The van der Waals surface area contributed by atoms with Gasteiger partial charge in [-0.2, -0.15) is 0 Å². The Morgan fingerprint density at radius 2 is 2.10 bits per heavy atom. The highest BCUT2D eigenvalue weighted by atomic mass is 35.5. The van der Waals surface area contributed by atoms with Gasteiger partial charge in [-0.3, -0.25) is 0 Å². The van der Waals surface area contributed by atoms with Crippen LogP contribution in [0.25, 0.3) is 11.2 Å². The maximum Gasteiger partial charge on any atom is 0.160 e. The minimum Gasteiger partial charge on any atom is -0.309 e. The zero-order valence-corrected chi connectivity index (χ0v) is 12.8. The monoisotopic (exact) mass is 291 g/mol. The van der Waals surface area contributed by atoms with E-state index in [-0.39, 0.29) is 0 Å². The highest BCUT2D eigenvalue weighted by Crippen LogP contribution is 2.36. The van der Waals surface area contributed by atoms with E-state index < -0.39 is 0 Å². The highest BCUT2D eigenvalue weighted by molar-refractivity contribution is 6.16. The Kier molecular flexibility index (Phi) is 4.25. The minimum atomic E-state index is 0.464. The number of nitrogens with zero attached hydrogens (tertiary/aromatic N) is 3. The number of halogens is 1. The predicted octanol–water partition coefficient (Wildman–Crippen LogP) is 4.70. The molecule has 1 saturated carbocycles. The van der Waals surface area contributed by atoms with E-state index in [4.69, 9.17) is 11.6 Å². The van der Waals surface area contributed by atoms with Gasteiger partial charge in [0.1, 0.15) is 11.3 Å². The molecule has 1 fully saturated rings. The van der Waals surface area contributed by atoms with Gasteiger partial charge < -0.3 is 4.57 Å². The number of hydrogen-bond acceptors (Lipinski definition) is 2. The van der Waals surface area contributed by atoms with Crippen molar-refractivity contribution in [3.63, 3.8) is 0 Å². The second-order valence-electron chi connectivity index (χ2n) is 5.84. The molecule has 1 aliphatic rings. The molecule has 108 valence electrons. The largest absolute Gasteiger partial charge is 0.309 e. The lowest BCUT2D eigenvalue weighted by Gasteiger charge is -2.30. The van der Waals surface area contributed by atoms with Gasteiger partial charge in [0.05, 0.1) is 5.88 Å². The first-order valence-corrected chi connectivity index (χ1v) is 8.24. The lowest BCUT2D eigenvalue weighted by molar-refractivity contribution is 0.263. The smallest absolute Gasteiger partial charge is 0.160 e. The van der Waals surface area contributed by atoms with Crippen LogP contribution in [0.5, 0.6) is 0 Å². The Balaban J connectivity index is 1.87. The van der Waals surface area contributed by atoms with Gasteiger partial charge in [-0.1, -0.05) is 19.8 Å². The summed E-state index contributed by atoms with van der Waals surface area (Å²) in [5.41, 5.74) is 1.97. The van der Waals surface area contributed by atoms with Gasteiger partial charge in [0.15, 0.2) is 5.65 Å². The van der Waals surface area contributed by atoms with Crippen molar-refractivity contribution in [3.05, 3.63) is 24.2 Å². The zero-order valence-electron chi connectivity index (χ0n) is 12.1. The summed E-state index contributed by atoms with van der Waals surface area (Å²) in [5.74, 6) is 2.35. The van der Waals surface area contributed by atoms with Crippen LogP contribution in [0.4, 0.5) is 0 Å². The maximum absolute atomic E-state index is 6.09. The van der Waals surface area contributed by atoms with Gasteiger partial charge in [-0.05, 0) is 43.7 Å². The molecule has 2 aromatic heterocycles. The van der Waals surface area contributed by atoms with Crippen LogP contribution in [0.2, 0.25) is 0 Å². The van der Waals surface area contributed by atoms with Crippen LogP contribution in [-0.2, 0) is 5.88 Å². The molecule has 0 N–H and O–H groups in total. The van der Waals surface area contributed by atoms with Crippen molar-refractivity contribution in [1.82, 2.24) is 14.5 Å². The van der Waals surface area contributed by atoms with E-state index in [1.807, 2.05) is 18.3 Å². The molecule has 3 nitrogen and oxygen atoms in total. The molecule has 2 heterocycles. The zero-order chi connectivity index (χ0) is 13.9. The Hall–Kier alpha value is -1.09. The fourth-order valence-electron chi connectivity index (χ4n) is 3.55. The first kappa shape index (κ1) is 13.9. The second-order valence-corrected chi connectivity index (χ2v) is 6.11. The summed E-state index contributed by atoms with van der Waals surface area (Å²) in [5, 5.41) is 0. The molecule has 0 bridgehead atoms. The number of imidazole rings is 1. The summed E-state index contributed by atoms with van der Waals surface area (Å²) in [6.07, 6.45) is 9.64. The lowest BCUT2D eigenvalue weighted by atomic mass is 9.83. The van der Waals surface area contributed by atoms with Crippen molar-refractivity contribution in [2.24, 2.45) is 5.92 Å². The van der Waals surface area contributed by atoms with Gasteiger partial charge >= 0.3 is 0 Å². The summed E-state index contributed by atoms with van der Waals surface area (Å²) in [4.78, 5) is 9.15. The first-order chi connectivity index (χ1) is 9.83. The van der Waals surface area contributed by atoms with E-state index in [1.54, 1.807) is 0 Å². The average molecular weight is 292 g/mol. The summed E-state index contributed by atoms with van der Waals surface area (Å²) in [6.45, 7) is 2.28. The number of rotatable bonds is 4. The molecule has 2 aromatic rings. The van der Waals surface area contributed by atoms with Gasteiger partial charge in [0, 0.05) is 12.2 Å². The second kappa shape index (κ2) is 6.13. The number of fused-ring (bicyclic) bond motifs is 1. The number of hydrogen-bond donors (Lipinski definition) is 0. The van der Waals surface area contributed by atoms with Gasteiger partial charge in [0.25, 0.3) is 0 Å². The van der Waals surface area contributed by atoms with Crippen molar-refractivity contribution in [1.29, 1.82) is 0 Å². The summed E-state index contributed by atoms with van der Waals surface area (Å²) < 4.78 is 2.30. The average Bonchev–Trinajstić information content (AvgIpc) is 2.87. The van der Waals surface area contributed by atoms with E-state index in [9.17, 15) is 0 Å². The van der Waals surface area contributed by atoms with Crippen LogP contribution in [0.3, 0.4) is 0 Å². The third-order valence-electron chi connectivity index (χ3n) is 4.52. The normalized spacial score (nSPS) is 23.3. The van der Waals surface area contributed by atoms with E-state index in [1.165, 1.54) is 38.5 Å². The third kappa shape index (κ3) is 2.56.